The van der Waals surface area contributed by atoms with Crippen molar-refractivity contribution < 1.29 is 17.9 Å². The number of nitrogens with two attached hydrogens (primary N) is 1. The Morgan fingerprint density at radius 1 is 1.22 bits per heavy atom. The van der Waals surface area contributed by atoms with Gasteiger partial charge in [0.25, 0.3) is 5.91 Å². The molecule has 138 valence electrons. The first-order valence-corrected chi connectivity index (χ1v) is 9.28. The van der Waals surface area contributed by atoms with Crippen LogP contribution in [0.3, 0.4) is 0 Å². The van der Waals surface area contributed by atoms with Crippen LogP contribution in [0.5, 0.6) is 5.75 Å². The molecule has 2 aromatic rings. The van der Waals surface area contributed by atoms with E-state index in [1.807, 2.05) is 6.07 Å². The highest BCUT2D eigenvalue weighted by Gasteiger charge is 2.12. The normalized spacial score (nSPS) is 11.3. The smallest absolute Gasteiger partial charge is 0.266 e. The van der Waals surface area contributed by atoms with Crippen molar-refractivity contribution in [3.8, 4) is 11.8 Å². The van der Waals surface area contributed by atoms with Gasteiger partial charge in [-0.1, -0.05) is 30.9 Å². The maximum Gasteiger partial charge on any atom is 0.266 e. The third-order valence-corrected chi connectivity index (χ3v) is 4.31. The van der Waals surface area contributed by atoms with Crippen LogP contribution in [0.15, 0.2) is 71.7 Å². The highest BCUT2D eigenvalue weighted by atomic mass is 32.2. The largest absolute Gasteiger partial charge is 0.489 e. The van der Waals surface area contributed by atoms with Gasteiger partial charge in [0.2, 0.25) is 10.0 Å². The molecule has 0 aromatic heterocycles. The summed E-state index contributed by atoms with van der Waals surface area (Å²) in [6.45, 7) is 3.86. The second kappa shape index (κ2) is 8.80. The fourth-order valence-corrected chi connectivity index (χ4v) is 2.63. The summed E-state index contributed by atoms with van der Waals surface area (Å²) in [6, 6.07) is 14.1. The number of rotatable bonds is 7. The van der Waals surface area contributed by atoms with Gasteiger partial charge in [-0.25, -0.2) is 13.6 Å². The van der Waals surface area contributed by atoms with Gasteiger partial charge in [-0.3, -0.25) is 4.79 Å². The van der Waals surface area contributed by atoms with Crippen molar-refractivity contribution in [2.24, 2.45) is 5.14 Å². The second-order valence-electron chi connectivity index (χ2n) is 5.33. The predicted molar refractivity (Wildman–Crippen MR) is 102 cm³/mol. The summed E-state index contributed by atoms with van der Waals surface area (Å²) in [7, 11) is -3.82. The zero-order valence-electron chi connectivity index (χ0n) is 14.3. The number of carbonyl (C=O) groups is 1. The van der Waals surface area contributed by atoms with Gasteiger partial charge in [-0.05, 0) is 36.4 Å². The zero-order chi connectivity index (χ0) is 19.9. The first-order valence-electron chi connectivity index (χ1n) is 7.74. The number of nitrogens with zero attached hydrogens (tertiary/aromatic N) is 1. The average Bonchev–Trinajstić information content (AvgIpc) is 2.64. The lowest BCUT2D eigenvalue weighted by Gasteiger charge is -2.08. The predicted octanol–water partition coefficient (Wildman–Crippen LogP) is 2.44. The number of benzene rings is 2. The highest BCUT2D eigenvalue weighted by molar-refractivity contribution is 7.89. The maximum atomic E-state index is 12.4. The number of carbonyl (C=O) groups excluding carboxylic acids is 1. The number of primary sulfonamides is 1. The summed E-state index contributed by atoms with van der Waals surface area (Å²) >= 11 is 0. The minimum Gasteiger partial charge on any atom is -0.489 e. The fraction of sp³-hybridized carbons (Fsp3) is 0.0526. The van der Waals surface area contributed by atoms with E-state index in [2.05, 4.69) is 11.9 Å². The van der Waals surface area contributed by atoms with E-state index in [0.717, 1.165) is 0 Å². The number of anilines is 1. The van der Waals surface area contributed by atoms with E-state index in [9.17, 15) is 18.5 Å². The van der Waals surface area contributed by atoms with Gasteiger partial charge in [-0.2, -0.15) is 5.26 Å². The number of nitrogens with one attached hydrogen (secondary N) is 1. The number of hydrogen-bond donors (Lipinski definition) is 2. The summed E-state index contributed by atoms with van der Waals surface area (Å²) in [5.74, 6) is -0.130. The minimum atomic E-state index is -3.82. The van der Waals surface area contributed by atoms with Gasteiger partial charge in [0.15, 0.2) is 0 Å². The molecule has 3 N–H and O–H groups in total. The third kappa shape index (κ3) is 5.54. The number of amides is 1. The van der Waals surface area contributed by atoms with Crippen LogP contribution in [-0.4, -0.2) is 20.9 Å². The Kier molecular flexibility index (Phi) is 6.49. The molecule has 0 radical (unpaired) electrons. The number of nitriles is 1. The Labute approximate surface area is 157 Å². The number of hydrogen-bond acceptors (Lipinski definition) is 5. The Balaban J connectivity index is 2.23. The van der Waals surface area contributed by atoms with Crippen molar-refractivity contribution in [3.63, 3.8) is 0 Å². The molecule has 0 unspecified atom stereocenters. The lowest BCUT2D eigenvalue weighted by molar-refractivity contribution is -0.112. The van der Waals surface area contributed by atoms with E-state index in [1.165, 1.54) is 30.3 Å². The molecule has 0 spiro atoms. The van der Waals surface area contributed by atoms with Gasteiger partial charge < -0.3 is 10.1 Å². The maximum absolute atomic E-state index is 12.4. The third-order valence-electron chi connectivity index (χ3n) is 3.38. The van der Waals surface area contributed by atoms with Crippen LogP contribution in [0.2, 0.25) is 0 Å². The summed E-state index contributed by atoms with van der Waals surface area (Å²) in [4.78, 5) is 12.3. The van der Waals surface area contributed by atoms with Crippen LogP contribution in [0.25, 0.3) is 6.08 Å². The number of sulfonamides is 1. The number of para-hydroxylation sites is 1. The summed E-state index contributed by atoms with van der Waals surface area (Å²) < 4.78 is 28.0. The van der Waals surface area contributed by atoms with Crippen LogP contribution >= 0.6 is 0 Å². The molecule has 0 aliphatic carbocycles. The quantitative estimate of drug-likeness (QED) is 0.432. The fourth-order valence-electron chi connectivity index (χ4n) is 2.11. The van der Waals surface area contributed by atoms with Crippen molar-refractivity contribution in [3.05, 3.63) is 72.3 Å². The zero-order valence-corrected chi connectivity index (χ0v) is 15.1. The van der Waals surface area contributed by atoms with Crippen LogP contribution in [0.1, 0.15) is 5.56 Å². The molecule has 2 rings (SSSR count). The molecule has 0 saturated heterocycles. The molecule has 0 heterocycles. The molecule has 27 heavy (non-hydrogen) atoms. The van der Waals surface area contributed by atoms with Crippen molar-refractivity contribution in [1.82, 2.24) is 0 Å². The van der Waals surface area contributed by atoms with Gasteiger partial charge in [0.05, 0.1) is 4.90 Å². The molecule has 0 atom stereocenters. The van der Waals surface area contributed by atoms with E-state index < -0.39 is 15.9 Å². The molecule has 7 nitrogen and oxygen atoms in total. The first kappa shape index (κ1) is 19.9. The molecular formula is C19H17N3O4S. The monoisotopic (exact) mass is 383 g/mol. The Morgan fingerprint density at radius 2 is 1.89 bits per heavy atom. The molecule has 0 bridgehead atoms. The Bertz CT molecular complexity index is 1020. The van der Waals surface area contributed by atoms with E-state index in [0.29, 0.717) is 17.0 Å². The number of ether oxygens (including phenoxy) is 1. The van der Waals surface area contributed by atoms with Gasteiger partial charge in [0.1, 0.15) is 24.0 Å². The van der Waals surface area contributed by atoms with E-state index in [1.54, 1.807) is 30.3 Å². The molecule has 1 amide bonds. The Hall–Kier alpha value is -3.41. The molecular weight excluding hydrogens is 366 g/mol. The lowest BCUT2D eigenvalue weighted by Crippen LogP contribution is -2.14. The van der Waals surface area contributed by atoms with Crippen molar-refractivity contribution in [1.29, 1.82) is 5.26 Å². The topological polar surface area (TPSA) is 122 Å². The Morgan fingerprint density at radius 3 is 2.48 bits per heavy atom. The average molecular weight is 383 g/mol. The standard InChI is InChI=1S/C19H17N3O4S/c1-2-11-26-18-6-4-3-5-14(18)12-15(13-20)19(23)22-16-7-9-17(10-8-16)27(21,24)25/h2-10,12H,1,11H2,(H,22,23)(H2,21,24,25)/b15-12-. The van der Waals surface area contributed by atoms with E-state index in [4.69, 9.17) is 9.88 Å². The minimum absolute atomic E-state index is 0.0788. The molecule has 0 fully saturated rings. The first-order chi connectivity index (χ1) is 12.8. The SMILES string of the molecule is C=CCOc1ccccc1/C=C(/C#N)C(=O)Nc1ccc(S(N)(=O)=O)cc1. The summed E-state index contributed by atoms with van der Waals surface area (Å²) in [5.41, 5.74) is 0.751. The molecule has 0 aliphatic heterocycles. The van der Waals surface area contributed by atoms with Crippen LogP contribution < -0.4 is 15.2 Å². The van der Waals surface area contributed by atoms with Crippen LogP contribution in [0, 0.1) is 11.3 Å². The van der Waals surface area contributed by atoms with Gasteiger partial charge in [0, 0.05) is 11.3 Å². The van der Waals surface area contributed by atoms with Gasteiger partial charge in [-0.15, -0.1) is 0 Å². The van der Waals surface area contributed by atoms with E-state index >= 15 is 0 Å². The molecule has 0 aliphatic rings. The highest BCUT2D eigenvalue weighted by Crippen LogP contribution is 2.22. The summed E-state index contributed by atoms with van der Waals surface area (Å²) in [5, 5.41) is 16.9. The van der Waals surface area contributed by atoms with Crippen LogP contribution in [0.4, 0.5) is 5.69 Å². The van der Waals surface area contributed by atoms with Gasteiger partial charge >= 0.3 is 0 Å². The molecule has 2 aromatic carbocycles. The molecule has 8 heteroatoms. The second-order valence-corrected chi connectivity index (χ2v) is 6.89. The van der Waals surface area contributed by atoms with Crippen molar-refractivity contribution >= 4 is 27.7 Å². The molecule has 0 saturated carbocycles. The summed E-state index contributed by atoms with van der Waals surface area (Å²) in [6.07, 6.45) is 3.00. The van der Waals surface area contributed by atoms with Crippen LogP contribution in [-0.2, 0) is 14.8 Å². The lowest BCUT2D eigenvalue weighted by atomic mass is 10.1. The van der Waals surface area contributed by atoms with Crippen molar-refractivity contribution in [2.75, 3.05) is 11.9 Å². The van der Waals surface area contributed by atoms with Crippen molar-refractivity contribution in [2.45, 2.75) is 4.90 Å². The van der Waals surface area contributed by atoms with E-state index in [-0.39, 0.29) is 17.1 Å².